The molecular formula is C12H17ClN2O2. The predicted octanol–water partition coefficient (Wildman–Crippen LogP) is 0.987. The molecule has 4 nitrogen and oxygen atoms in total. The number of benzene rings is 1. The summed E-state index contributed by atoms with van der Waals surface area (Å²) in [7, 11) is 1.61. The quantitative estimate of drug-likeness (QED) is 0.665. The zero-order valence-corrected chi connectivity index (χ0v) is 10.5. The maximum absolute atomic E-state index is 11.2. The van der Waals surface area contributed by atoms with Gasteiger partial charge < -0.3 is 15.7 Å². The molecule has 5 heteroatoms. The van der Waals surface area contributed by atoms with Crippen LogP contribution in [0.5, 0.6) is 0 Å². The Balaban J connectivity index is 2.56. The van der Waals surface area contributed by atoms with E-state index in [1.165, 1.54) is 0 Å². The van der Waals surface area contributed by atoms with Gasteiger partial charge in [0.15, 0.2) is 0 Å². The first-order valence-corrected chi connectivity index (χ1v) is 5.96. The molecule has 0 aliphatic rings. The van der Waals surface area contributed by atoms with Crippen molar-refractivity contribution in [3.05, 3.63) is 29.8 Å². The first kappa shape index (κ1) is 13.8. The summed E-state index contributed by atoms with van der Waals surface area (Å²) >= 11 is 5.49. The van der Waals surface area contributed by atoms with E-state index >= 15 is 0 Å². The van der Waals surface area contributed by atoms with Crippen molar-refractivity contribution in [1.82, 2.24) is 5.32 Å². The molecule has 0 bridgehead atoms. The van der Waals surface area contributed by atoms with Crippen LogP contribution in [-0.2, 0) is 11.2 Å². The molecule has 0 spiro atoms. The highest BCUT2D eigenvalue weighted by Crippen LogP contribution is 2.11. The summed E-state index contributed by atoms with van der Waals surface area (Å²) in [6.45, 7) is 0.396. The zero-order valence-electron chi connectivity index (χ0n) is 9.74. The van der Waals surface area contributed by atoms with Gasteiger partial charge in [-0.25, -0.2) is 0 Å². The third-order valence-electron chi connectivity index (χ3n) is 2.29. The van der Waals surface area contributed by atoms with Crippen LogP contribution < -0.4 is 10.6 Å². The zero-order chi connectivity index (χ0) is 12.7. The van der Waals surface area contributed by atoms with Gasteiger partial charge in [0, 0.05) is 19.3 Å². The molecule has 1 amide bonds. The van der Waals surface area contributed by atoms with Crippen molar-refractivity contribution in [3.63, 3.8) is 0 Å². The minimum atomic E-state index is -0.570. The maximum Gasteiger partial charge on any atom is 0.224 e. The molecular weight excluding hydrogens is 240 g/mol. The second-order valence-corrected chi connectivity index (χ2v) is 4.05. The predicted molar refractivity (Wildman–Crippen MR) is 69.4 cm³/mol. The number of carbonyl (C=O) groups excluding carboxylic acids is 1. The Labute approximate surface area is 106 Å². The molecule has 0 saturated heterocycles. The third-order valence-corrected chi connectivity index (χ3v) is 2.65. The van der Waals surface area contributed by atoms with Gasteiger partial charge in [-0.15, -0.1) is 11.6 Å². The highest BCUT2D eigenvalue weighted by atomic mass is 35.5. The Hall–Kier alpha value is -1.26. The van der Waals surface area contributed by atoms with E-state index in [4.69, 9.17) is 11.6 Å². The summed E-state index contributed by atoms with van der Waals surface area (Å²) in [5.41, 5.74) is 1.80. The lowest BCUT2D eigenvalue weighted by molar-refractivity contribution is -0.119. The first-order valence-electron chi connectivity index (χ1n) is 5.43. The minimum Gasteiger partial charge on any atom is -0.390 e. The number of alkyl halides is 1. The molecule has 0 aliphatic heterocycles. The minimum absolute atomic E-state index is 0.0251. The standard InChI is InChI=1S/C12H17ClN2O2/c1-14-12(17)6-9-3-2-4-10(5-9)15-8-11(16)7-13/h2-5,11,15-16H,6-8H2,1H3,(H,14,17). The number of hydrogen-bond donors (Lipinski definition) is 3. The van der Waals surface area contributed by atoms with E-state index < -0.39 is 6.10 Å². The summed E-state index contributed by atoms with van der Waals surface area (Å²) in [6.07, 6.45) is -0.219. The Kier molecular flexibility index (Phi) is 5.80. The van der Waals surface area contributed by atoms with Crippen LogP contribution in [0.2, 0.25) is 0 Å². The second kappa shape index (κ2) is 7.14. The van der Waals surface area contributed by atoms with Crippen molar-refractivity contribution in [2.75, 3.05) is 24.8 Å². The Bertz CT molecular complexity index is 371. The van der Waals surface area contributed by atoms with Crippen molar-refractivity contribution in [1.29, 1.82) is 0 Å². The number of anilines is 1. The summed E-state index contributed by atoms with van der Waals surface area (Å²) < 4.78 is 0. The lowest BCUT2D eigenvalue weighted by Gasteiger charge is -2.11. The van der Waals surface area contributed by atoms with Gasteiger partial charge in [0.05, 0.1) is 18.4 Å². The van der Waals surface area contributed by atoms with Crippen LogP contribution >= 0.6 is 11.6 Å². The fraction of sp³-hybridized carbons (Fsp3) is 0.417. The average Bonchev–Trinajstić information content (AvgIpc) is 2.36. The van der Waals surface area contributed by atoms with Crippen molar-refractivity contribution in [2.24, 2.45) is 0 Å². The highest BCUT2D eigenvalue weighted by molar-refractivity contribution is 6.18. The van der Waals surface area contributed by atoms with E-state index in [1.807, 2.05) is 24.3 Å². The van der Waals surface area contributed by atoms with E-state index in [0.29, 0.717) is 13.0 Å². The number of carbonyl (C=O) groups is 1. The van der Waals surface area contributed by atoms with Crippen molar-refractivity contribution >= 4 is 23.2 Å². The van der Waals surface area contributed by atoms with Crippen LogP contribution in [0, 0.1) is 0 Å². The van der Waals surface area contributed by atoms with Crippen LogP contribution in [0.3, 0.4) is 0 Å². The number of likely N-dealkylation sites (N-methyl/N-ethyl adjacent to an activating group) is 1. The molecule has 0 saturated carbocycles. The molecule has 1 rings (SSSR count). The molecule has 0 aromatic heterocycles. The van der Waals surface area contributed by atoms with E-state index in [0.717, 1.165) is 11.3 Å². The normalized spacial score (nSPS) is 11.9. The average molecular weight is 257 g/mol. The van der Waals surface area contributed by atoms with Crippen LogP contribution in [0.1, 0.15) is 5.56 Å². The van der Waals surface area contributed by atoms with Crippen LogP contribution in [0.15, 0.2) is 24.3 Å². The van der Waals surface area contributed by atoms with Gasteiger partial charge in [0.25, 0.3) is 0 Å². The smallest absolute Gasteiger partial charge is 0.224 e. The largest absolute Gasteiger partial charge is 0.390 e. The number of nitrogens with one attached hydrogen (secondary N) is 2. The lowest BCUT2D eigenvalue weighted by atomic mass is 10.1. The van der Waals surface area contributed by atoms with Crippen LogP contribution in [-0.4, -0.2) is 36.6 Å². The van der Waals surface area contributed by atoms with Gasteiger partial charge in [-0.3, -0.25) is 4.79 Å². The third kappa shape index (κ3) is 5.06. The van der Waals surface area contributed by atoms with Crippen LogP contribution in [0.4, 0.5) is 5.69 Å². The number of amides is 1. The van der Waals surface area contributed by atoms with Crippen LogP contribution in [0.25, 0.3) is 0 Å². The van der Waals surface area contributed by atoms with E-state index in [1.54, 1.807) is 7.05 Å². The number of rotatable bonds is 6. The first-order chi connectivity index (χ1) is 8.15. The monoisotopic (exact) mass is 256 g/mol. The van der Waals surface area contributed by atoms with Gasteiger partial charge in [0.2, 0.25) is 5.91 Å². The van der Waals surface area contributed by atoms with Crippen molar-refractivity contribution in [2.45, 2.75) is 12.5 Å². The molecule has 17 heavy (non-hydrogen) atoms. The Morgan fingerprint density at radius 1 is 1.53 bits per heavy atom. The molecule has 3 N–H and O–H groups in total. The molecule has 0 aliphatic carbocycles. The topological polar surface area (TPSA) is 61.4 Å². The summed E-state index contributed by atoms with van der Waals surface area (Å²) in [5.74, 6) is 0.174. The molecule has 0 heterocycles. The highest BCUT2D eigenvalue weighted by Gasteiger charge is 2.04. The molecule has 0 fully saturated rings. The molecule has 1 atom stereocenters. The fourth-order valence-corrected chi connectivity index (χ4v) is 1.46. The molecule has 1 unspecified atom stereocenters. The molecule has 94 valence electrons. The number of aliphatic hydroxyl groups is 1. The number of hydrogen-bond acceptors (Lipinski definition) is 3. The van der Waals surface area contributed by atoms with Crippen molar-refractivity contribution in [3.8, 4) is 0 Å². The van der Waals surface area contributed by atoms with Gasteiger partial charge in [-0.05, 0) is 17.7 Å². The Morgan fingerprint density at radius 2 is 2.29 bits per heavy atom. The fourth-order valence-electron chi connectivity index (χ4n) is 1.36. The van der Waals surface area contributed by atoms with Gasteiger partial charge >= 0.3 is 0 Å². The number of halogens is 1. The summed E-state index contributed by atoms with van der Waals surface area (Å²) in [5, 5.41) is 14.9. The molecule has 1 aromatic carbocycles. The maximum atomic E-state index is 11.2. The number of aliphatic hydroxyl groups excluding tert-OH is 1. The van der Waals surface area contributed by atoms with E-state index in [-0.39, 0.29) is 11.8 Å². The lowest BCUT2D eigenvalue weighted by Crippen LogP contribution is -2.21. The summed E-state index contributed by atoms with van der Waals surface area (Å²) in [6, 6.07) is 7.52. The Morgan fingerprint density at radius 3 is 2.94 bits per heavy atom. The molecule has 1 aromatic rings. The van der Waals surface area contributed by atoms with Gasteiger partial charge in [-0.2, -0.15) is 0 Å². The summed E-state index contributed by atoms with van der Waals surface area (Å²) in [4.78, 5) is 11.2. The van der Waals surface area contributed by atoms with E-state index in [9.17, 15) is 9.90 Å². The second-order valence-electron chi connectivity index (χ2n) is 3.74. The SMILES string of the molecule is CNC(=O)Cc1cccc(NCC(O)CCl)c1. The van der Waals surface area contributed by atoms with Gasteiger partial charge in [0.1, 0.15) is 0 Å². The van der Waals surface area contributed by atoms with Gasteiger partial charge in [-0.1, -0.05) is 12.1 Å². The van der Waals surface area contributed by atoms with E-state index in [2.05, 4.69) is 10.6 Å². The van der Waals surface area contributed by atoms with Crippen molar-refractivity contribution < 1.29 is 9.90 Å². The molecule has 0 radical (unpaired) electrons.